The molecule has 3 aliphatic carbocycles. The summed E-state index contributed by atoms with van der Waals surface area (Å²) < 4.78 is 0. The molecule has 1 amide bonds. The summed E-state index contributed by atoms with van der Waals surface area (Å²) in [5.74, 6) is 0.628. The highest BCUT2D eigenvalue weighted by atomic mass is 16.6. The summed E-state index contributed by atoms with van der Waals surface area (Å²) in [6, 6.07) is 5.41. The number of nitro groups is 1. The van der Waals surface area contributed by atoms with Gasteiger partial charge >= 0.3 is 0 Å². The third-order valence-electron chi connectivity index (χ3n) is 6.07. The van der Waals surface area contributed by atoms with Crippen molar-refractivity contribution in [1.29, 1.82) is 0 Å². The normalized spacial score (nSPS) is 30.5. The SMILES string of the molecule is NC1CC2CCCC(C1)C2NC(=O)c1ccc(NC2CC2)c([N+](=O)[O-])c1. The number of nitrogens with two attached hydrogens (primary N) is 1. The molecule has 1 aromatic carbocycles. The van der Waals surface area contributed by atoms with E-state index in [1.807, 2.05) is 0 Å². The van der Waals surface area contributed by atoms with Crippen molar-refractivity contribution < 1.29 is 9.72 Å². The molecule has 0 spiro atoms. The molecule has 140 valence electrons. The fourth-order valence-corrected chi connectivity index (χ4v) is 4.65. The van der Waals surface area contributed by atoms with Crippen molar-refractivity contribution in [3.05, 3.63) is 33.9 Å². The Labute approximate surface area is 152 Å². The number of hydrogen-bond donors (Lipinski definition) is 3. The van der Waals surface area contributed by atoms with E-state index in [2.05, 4.69) is 10.6 Å². The summed E-state index contributed by atoms with van der Waals surface area (Å²) in [4.78, 5) is 23.7. The van der Waals surface area contributed by atoms with Crippen LogP contribution in [0, 0.1) is 22.0 Å². The number of carbonyl (C=O) groups excluding carboxylic acids is 1. The molecule has 0 heterocycles. The topological polar surface area (TPSA) is 110 Å². The van der Waals surface area contributed by atoms with E-state index >= 15 is 0 Å². The fraction of sp³-hybridized carbons (Fsp3) is 0.632. The van der Waals surface area contributed by atoms with Gasteiger partial charge in [-0.2, -0.15) is 0 Å². The number of nitrogens with zero attached hydrogens (tertiary/aromatic N) is 1. The Bertz CT molecular complexity index is 705. The molecule has 1 aromatic rings. The van der Waals surface area contributed by atoms with Gasteiger partial charge in [0.15, 0.2) is 0 Å². The number of nitro benzene ring substituents is 1. The van der Waals surface area contributed by atoms with Gasteiger partial charge in [-0.05, 0) is 62.5 Å². The first-order chi connectivity index (χ1) is 12.5. The average Bonchev–Trinajstić information content (AvgIpc) is 3.39. The number of nitrogens with one attached hydrogen (secondary N) is 2. The zero-order chi connectivity index (χ0) is 18.3. The number of carbonyl (C=O) groups is 1. The lowest BCUT2D eigenvalue weighted by atomic mass is 9.67. The molecule has 3 saturated carbocycles. The highest BCUT2D eigenvalue weighted by molar-refractivity contribution is 5.96. The Hall–Kier alpha value is -2.15. The minimum absolute atomic E-state index is 0.0320. The van der Waals surface area contributed by atoms with Crippen molar-refractivity contribution in [3.63, 3.8) is 0 Å². The molecule has 4 rings (SSSR count). The number of fused-ring (bicyclic) bond motifs is 2. The van der Waals surface area contributed by atoms with E-state index in [4.69, 9.17) is 5.73 Å². The lowest BCUT2D eigenvalue weighted by Crippen LogP contribution is -2.53. The lowest BCUT2D eigenvalue weighted by Gasteiger charge is -2.45. The molecule has 3 aliphatic rings. The first kappa shape index (κ1) is 17.3. The summed E-state index contributed by atoms with van der Waals surface area (Å²) in [7, 11) is 0. The van der Waals surface area contributed by atoms with Crippen LogP contribution in [-0.4, -0.2) is 29.0 Å². The molecule has 7 heteroatoms. The van der Waals surface area contributed by atoms with Gasteiger partial charge in [-0.3, -0.25) is 14.9 Å². The third kappa shape index (κ3) is 3.53. The first-order valence-corrected chi connectivity index (χ1v) is 9.62. The van der Waals surface area contributed by atoms with Crippen molar-refractivity contribution in [1.82, 2.24) is 5.32 Å². The van der Waals surface area contributed by atoms with Gasteiger partial charge in [0.25, 0.3) is 11.6 Å². The van der Waals surface area contributed by atoms with Crippen LogP contribution in [0.5, 0.6) is 0 Å². The second kappa shape index (κ2) is 6.87. The Kier molecular flexibility index (Phi) is 4.56. The highest BCUT2D eigenvalue weighted by Gasteiger charge is 2.40. The molecular formula is C19H26N4O3. The molecule has 3 fully saturated rings. The van der Waals surface area contributed by atoms with Crippen LogP contribution in [0.4, 0.5) is 11.4 Å². The summed E-state index contributed by atoms with van der Waals surface area (Å²) in [6.45, 7) is 0. The van der Waals surface area contributed by atoms with Crippen LogP contribution in [0.25, 0.3) is 0 Å². The maximum atomic E-state index is 12.8. The Balaban J connectivity index is 1.50. The van der Waals surface area contributed by atoms with Crippen LogP contribution in [0.2, 0.25) is 0 Å². The molecule has 0 saturated heterocycles. The fourth-order valence-electron chi connectivity index (χ4n) is 4.65. The molecule has 2 bridgehead atoms. The van der Waals surface area contributed by atoms with Crippen LogP contribution in [0.3, 0.4) is 0 Å². The molecule has 26 heavy (non-hydrogen) atoms. The van der Waals surface area contributed by atoms with Gasteiger partial charge in [0.1, 0.15) is 5.69 Å². The molecule has 7 nitrogen and oxygen atoms in total. The molecule has 0 aliphatic heterocycles. The predicted octanol–water partition coefficient (Wildman–Crippen LogP) is 2.80. The van der Waals surface area contributed by atoms with Gasteiger partial charge < -0.3 is 16.4 Å². The minimum atomic E-state index is -0.421. The van der Waals surface area contributed by atoms with Crippen LogP contribution >= 0.6 is 0 Å². The molecule has 0 radical (unpaired) electrons. The van der Waals surface area contributed by atoms with E-state index in [1.54, 1.807) is 12.1 Å². The summed E-state index contributed by atoms with van der Waals surface area (Å²) in [6.07, 6.45) is 7.36. The van der Waals surface area contributed by atoms with Gasteiger partial charge in [-0.25, -0.2) is 0 Å². The number of benzene rings is 1. The Morgan fingerprint density at radius 1 is 1.15 bits per heavy atom. The average molecular weight is 358 g/mol. The van der Waals surface area contributed by atoms with Crippen molar-refractivity contribution in [2.45, 2.75) is 63.1 Å². The molecule has 2 unspecified atom stereocenters. The monoisotopic (exact) mass is 358 g/mol. The number of hydrogen-bond acceptors (Lipinski definition) is 5. The van der Waals surface area contributed by atoms with Crippen molar-refractivity contribution in [2.75, 3.05) is 5.32 Å². The summed E-state index contributed by atoms with van der Waals surface area (Å²) in [5.41, 5.74) is 6.96. The van der Waals surface area contributed by atoms with Gasteiger partial charge in [-0.15, -0.1) is 0 Å². The van der Waals surface area contributed by atoms with E-state index in [1.165, 1.54) is 12.5 Å². The van der Waals surface area contributed by atoms with Crippen LogP contribution in [-0.2, 0) is 0 Å². The van der Waals surface area contributed by atoms with Gasteiger partial charge in [0, 0.05) is 29.8 Å². The van der Waals surface area contributed by atoms with Crippen LogP contribution in [0.1, 0.15) is 55.3 Å². The number of rotatable bonds is 5. The lowest BCUT2D eigenvalue weighted by molar-refractivity contribution is -0.384. The Morgan fingerprint density at radius 2 is 1.85 bits per heavy atom. The van der Waals surface area contributed by atoms with Crippen molar-refractivity contribution >= 4 is 17.3 Å². The van der Waals surface area contributed by atoms with E-state index in [0.717, 1.165) is 38.5 Å². The maximum Gasteiger partial charge on any atom is 0.293 e. The Morgan fingerprint density at radius 3 is 2.46 bits per heavy atom. The van der Waals surface area contributed by atoms with Gasteiger partial charge in [-0.1, -0.05) is 6.42 Å². The van der Waals surface area contributed by atoms with E-state index in [-0.39, 0.29) is 23.7 Å². The number of anilines is 1. The van der Waals surface area contributed by atoms with Crippen molar-refractivity contribution in [3.8, 4) is 0 Å². The zero-order valence-electron chi connectivity index (χ0n) is 14.8. The number of amides is 1. The first-order valence-electron chi connectivity index (χ1n) is 9.62. The van der Waals surface area contributed by atoms with E-state index < -0.39 is 4.92 Å². The molecule has 4 N–H and O–H groups in total. The largest absolute Gasteiger partial charge is 0.377 e. The standard InChI is InChI=1S/C19H26N4O3/c20-14-8-11-2-1-3-12(9-14)18(11)22-19(24)13-4-7-16(21-15-5-6-15)17(10-13)23(25)26/h4,7,10-12,14-15,18,21H,1-3,5-6,8-9,20H2,(H,22,24). The second-order valence-electron chi connectivity index (χ2n) is 8.09. The van der Waals surface area contributed by atoms with E-state index in [0.29, 0.717) is 29.1 Å². The summed E-state index contributed by atoms with van der Waals surface area (Å²) in [5, 5.41) is 17.7. The van der Waals surface area contributed by atoms with Crippen LogP contribution < -0.4 is 16.4 Å². The third-order valence-corrected chi connectivity index (χ3v) is 6.07. The smallest absolute Gasteiger partial charge is 0.293 e. The van der Waals surface area contributed by atoms with Crippen LogP contribution in [0.15, 0.2) is 18.2 Å². The summed E-state index contributed by atoms with van der Waals surface area (Å²) >= 11 is 0. The second-order valence-corrected chi connectivity index (χ2v) is 8.09. The highest BCUT2D eigenvalue weighted by Crippen LogP contribution is 2.40. The van der Waals surface area contributed by atoms with E-state index in [9.17, 15) is 14.9 Å². The molecule has 0 aromatic heterocycles. The van der Waals surface area contributed by atoms with Crippen molar-refractivity contribution in [2.24, 2.45) is 17.6 Å². The quantitative estimate of drug-likeness (QED) is 0.554. The van der Waals surface area contributed by atoms with Gasteiger partial charge in [0.2, 0.25) is 0 Å². The van der Waals surface area contributed by atoms with Gasteiger partial charge in [0.05, 0.1) is 4.92 Å². The minimum Gasteiger partial charge on any atom is -0.377 e. The predicted molar refractivity (Wildman–Crippen MR) is 99.0 cm³/mol. The molecule has 2 atom stereocenters. The molecular weight excluding hydrogens is 332 g/mol. The maximum absolute atomic E-state index is 12.8. The zero-order valence-corrected chi connectivity index (χ0v) is 14.8.